The molecule has 0 aliphatic carbocycles. The Hall–Kier alpha value is -3.58. The number of benzene rings is 3. The molecule has 3 aromatic rings. The number of carbonyl (C=O) groups is 2. The molecule has 3 aromatic carbocycles. The van der Waals surface area contributed by atoms with Crippen molar-refractivity contribution in [3.05, 3.63) is 93.7 Å². The molecule has 1 heterocycles. The van der Waals surface area contributed by atoms with Crippen molar-refractivity contribution in [3.63, 3.8) is 0 Å². The fourth-order valence-electron chi connectivity index (χ4n) is 3.43. The summed E-state index contributed by atoms with van der Waals surface area (Å²) in [5.41, 5.74) is 1.77. The van der Waals surface area contributed by atoms with Crippen LogP contribution in [0.25, 0.3) is 6.08 Å². The SMILES string of the molecule is CCOC(=O)[C@@H](Oc1ccc2c(c1)O/C(=C\c1cc(Br)ccc1OC)C2=O)c1ccccc1. The van der Waals surface area contributed by atoms with Gasteiger partial charge in [-0.2, -0.15) is 0 Å². The lowest BCUT2D eigenvalue weighted by atomic mass is 10.1. The van der Waals surface area contributed by atoms with Crippen LogP contribution in [0.2, 0.25) is 0 Å². The van der Waals surface area contributed by atoms with E-state index in [0.717, 1.165) is 4.47 Å². The van der Waals surface area contributed by atoms with Gasteiger partial charge in [-0.05, 0) is 43.3 Å². The highest BCUT2D eigenvalue weighted by Gasteiger charge is 2.30. The van der Waals surface area contributed by atoms with E-state index < -0.39 is 12.1 Å². The molecule has 0 saturated heterocycles. The molecular formula is C26H21BrO6. The normalized spacial score (nSPS) is 14.4. The topological polar surface area (TPSA) is 71.1 Å². The van der Waals surface area contributed by atoms with Gasteiger partial charge < -0.3 is 18.9 Å². The third kappa shape index (κ3) is 4.93. The summed E-state index contributed by atoms with van der Waals surface area (Å²) in [6, 6.07) is 19.4. The van der Waals surface area contributed by atoms with Gasteiger partial charge >= 0.3 is 5.97 Å². The van der Waals surface area contributed by atoms with E-state index in [4.69, 9.17) is 18.9 Å². The summed E-state index contributed by atoms with van der Waals surface area (Å²) < 4.78 is 23.2. The van der Waals surface area contributed by atoms with E-state index in [2.05, 4.69) is 15.9 Å². The van der Waals surface area contributed by atoms with Crippen molar-refractivity contribution in [2.75, 3.05) is 13.7 Å². The molecule has 0 spiro atoms. The van der Waals surface area contributed by atoms with E-state index in [1.165, 1.54) is 0 Å². The van der Waals surface area contributed by atoms with Gasteiger partial charge in [-0.15, -0.1) is 0 Å². The number of carbonyl (C=O) groups excluding carboxylic acids is 2. The molecule has 6 nitrogen and oxygen atoms in total. The van der Waals surface area contributed by atoms with E-state index in [1.807, 2.05) is 30.3 Å². The minimum atomic E-state index is -0.942. The lowest BCUT2D eigenvalue weighted by Gasteiger charge is -2.18. The number of esters is 1. The van der Waals surface area contributed by atoms with Crippen LogP contribution in [0.1, 0.15) is 34.5 Å². The molecular weight excluding hydrogens is 488 g/mol. The lowest BCUT2D eigenvalue weighted by Crippen LogP contribution is -2.21. The Kier molecular flexibility index (Phi) is 6.79. The van der Waals surface area contributed by atoms with Crippen molar-refractivity contribution in [1.29, 1.82) is 0 Å². The van der Waals surface area contributed by atoms with Crippen molar-refractivity contribution >= 4 is 33.8 Å². The maximum absolute atomic E-state index is 12.9. The number of fused-ring (bicyclic) bond motifs is 1. The summed E-state index contributed by atoms with van der Waals surface area (Å²) >= 11 is 3.43. The Balaban J connectivity index is 1.61. The average Bonchev–Trinajstić information content (AvgIpc) is 3.12. The summed E-state index contributed by atoms with van der Waals surface area (Å²) in [6.07, 6.45) is 0.694. The Bertz CT molecular complexity index is 1220. The minimum Gasteiger partial charge on any atom is -0.496 e. The van der Waals surface area contributed by atoms with E-state index in [1.54, 1.807) is 56.5 Å². The average molecular weight is 509 g/mol. The van der Waals surface area contributed by atoms with E-state index in [0.29, 0.717) is 33.9 Å². The van der Waals surface area contributed by atoms with Crippen LogP contribution in [-0.2, 0) is 9.53 Å². The van der Waals surface area contributed by atoms with Gasteiger partial charge in [0.05, 0.1) is 19.3 Å². The summed E-state index contributed by atoms with van der Waals surface area (Å²) in [6.45, 7) is 1.98. The van der Waals surface area contributed by atoms with Crippen LogP contribution in [0.3, 0.4) is 0 Å². The standard InChI is InChI=1S/C26H21BrO6/c1-3-31-26(29)25(16-7-5-4-6-8-16)32-19-10-11-20-22(15-19)33-23(24(20)28)14-17-13-18(27)9-12-21(17)30-2/h4-15,25H,3H2,1-2H3/b23-14-/t25-/m0/s1. The Morgan fingerprint density at radius 2 is 1.88 bits per heavy atom. The maximum atomic E-state index is 12.9. The van der Waals surface area contributed by atoms with Crippen LogP contribution < -0.4 is 14.2 Å². The zero-order valence-electron chi connectivity index (χ0n) is 18.0. The summed E-state index contributed by atoms with van der Waals surface area (Å²) in [4.78, 5) is 25.4. The Morgan fingerprint density at radius 1 is 1.09 bits per heavy atom. The molecule has 0 aromatic heterocycles. The second-order valence-corrected chi connectivity index (χ2v) is 8.06. The van der Waals surface area contributed by atoms with E-state index in [-0.39, 0.29) is 18.1 Å². The summed E-state index contributed by atoms with van der Waals surface area (Å²) in [5.74, 6) is 0.774. The number of Topliss-reactive ketones (excluding diaryl/α,β-unsaturated/α-hetero) is 1. The number of ether oxygens (including phenoxy) is 4. The number of methoxy groups -OCH3 is 1. The predicted octanol–water partition coefficient (Wildman–Crippen LogP) is 5.76. The van der Waals surface area contributed by atoms with Gasteiger partial charge in [0.15, 0.2) is 5.76 Å². The first-order valence-corrected chi connectivity index (χ1v) is 11.1. The van der Waals surface area contributed by atoms with E-state index >= 15 is 0 Å². The molecule has 1 aliphatic heterocycles. The van der Waals surface area contributed by atoms with Crippen molar-refractivity contribution < 1.29 is 28.5 Å². The molecule has 0 N–H and O–H groups in total. The van der Waals surface area contributed by atoms with Crippen LogP contribution in [0.15, 0.2) is 77.0 Å². The number of rotatable bonds is 7. The van der Waals surface area contributed by atoms with Crippen molar-refractivity contribution in [2.24, 2.45) is 0 Å². The molecule has 168 valence electrons. The van der Waals surface area contributed by atoms with Crippen LogP contribution >= 0.6 is 15.9 Å². The monoisotopic (exact) mass is 508 g/mol. The number of ketones is 1. The first-order valence-electron chi connectivity index (χ1n) is 10.3. The molecule has 33 heavy (non-hydrogen) atoms. The molecule has 7 heteroatoms. The molecule has 1 atom stereocenters. The molecule has 0 amide bonds. The molecule has 4 rings (SSSR count). The van der Waals surface area contributed by atoms with Gasteiger partial charge in [0.2, 0.25) is 11.9 Å². The molecule has 0 saturated carbocycles. The molecule has 0 bridgehead atoms. The van der Waals surface area contributed by atoms with Crippen LogP contribution in [-0.4, -0.2) is 25.5 Å². The number of allylic oxidation sites excluding steroid dienone is 1. The van der Waals surface area contributed by atoms with Gasteiger partial charge in [-0.25, -0.2) is 4.79 Å². The van der Waals surface area contributed by atoms with Crippen molar-refractivity contribution in [1.82, 2.24) is 0 Å². The van der Waals surface area contributed by atoms with Crippen molar-refractivity contribution in [2.45, 2.75) is 13.0 Å². The first-order chi connectivity index (χ1) is 16.0. The number of halogens is 1. The molecule has 0 unspecified atom stereocenters. The molecule has 1 aliphatic rings. The highest BCUT2D eigenvalue weighted by Crippen LogP contribution is 2.37. The molecule has 0 fully saturated rings. The molecule has 0 radical (unpaired) electrons. The minimum absolute atomic E-state index is 0.170. The van der Waals surface area contributed by atoms with Crippen LogP contribution in [0, 0.1) is 0 Å². The fraction of sp³-hybridized carbons (Fsp3) is 0.154. The second kappa shape index (κ2) is 9.92. The first kappa shape index (κ1) is 22.6. The summed E-state index contributed by atoms with van der Waals surface area (Å²) in [5, 5.41) is 0. The van der Waals surface area contributed by atoms with E-state index in [9.17, 15) is 9.59 Å². The predicted molar refractivity (Wildman–Crippen MR) is 127 cm³/mol. The number of hydrogen-bond acceptors (Lipinski definition) is 6. The Labute approximate surface area is 199 Å². The van der Waals surface area contributed by atoms with Gasteiger partial charge in [0, 0.05) is 21.7 Å². The van der Waals surface area contributed by atoms with Gasteiger partial charge in [0.25, 0.3) is 0 Å². The highest BCUT2D eigenvalue weighted by molar-refractivity contribution is 9.10. The van der Waals surface area contributed by atoms with Crippen LogP contribution in [0.4, 0.5) is 0 Å². The smallest absolute Gasteiger partial charge is 0.352 e. The van der Waals surface area contributed by atoms with Gasteiger partial charge in [-0.1, -0.05) is 46.3 Å². The fourth-order valence-corrected chi connectivity index (χ4v) is 3.81. The van der Waals surface area contributed by atoms with Gasteiger partial charge in [0.1, 0.15) is 17.2 Å². The van der Waals surface area contributed by atoms with Crippen molar-refractivity contribution in [3.8, 4) is 17.2 Å². The largest absolute Gasteiger partial charge is 0.496 e. The van der Waals surface area contributed by atoms with Gasteiger partial charge in [-0.3, -0.25) is 4.79 Å². The third-order valence-corrected chi connectivity index (χ3v) is 5.47. The zero-order chi connectivity index (χ0) is 23.4. The zero-order valence-corrected chi connectivity index (χ0v) is 19.6. The Morgan fingerprint density at radius 3 is 2.61 bits per heavy atom. The second-order valence-electron chi connectivity index (χ2n) is 7.14. The third-order valence-electron chi connectivity index (χ3n) is 4.98. The quantitative estimate of drug-likeness (QED) is 0.298. The number of hydrogen-bond donors (Lipinski definition) is 0. The van der Waals surface area contributed by atoms with Crippen LogP contribution in [0.5, 0.6) is 17.2 Å². The maximum Gasteiger partial charge on any atom is 0.352 e. The lowest BCUT2D eigenvalue weighted by molar-refractivity contribution is -0.151. The summed E-state index contributed by atoms with van der Waals surface area (Å²) in [7, 11) is 1.56. The highest BCUT2D eigenvalue weighted by atomic mass is 79.9.